The van der Waals surface area contributed by atoms with Crippen molar-refractivity contribution in [3.63, 3.8) is 0 Å². The third-order valence-corrected chi connectivity index (χ3v) is 2.53. The van der Waals surface area contributed by atoms with Gasteiger partial charge in [-0.2, -0.15) is 4.98 Å². The molecule has 0 saturated carbocycles. The Labute approximate surface area is 119 Å². The van der Waals surface area contributed by atoms with Crippen LogP contribution in [0.25, 0.3) is 6.08 Å². The molecule has 6 nitrogen and oxygen atoms in total. The van der Waals surface area contributed by atoms with E-state index in [4.69, 9.17) is 26.0 Å². The zero-order valence-corrected chi connectivity index (χ0v) is 11.3. The van der Waals surface area contributed by atoms with Crippen molar-refractivity contribution in [2.24, 2.45) is 0 Å². The van der Waals surface area contributed by atoms with E-state index in [9.17, 15) is 4.79 Å². The smallest absolute Gasteiger partial charge is 0.328 e. The molecular formula is C13H11ClN2O4. The van der Waals surface area contributed by atoms with Crippen LogP contribution in [0.15, 0.2) is 28.8 Å². The molecule has 0 radical (unpaired) electrons. The minimum Gasteiger partial charge on any atom is -0.483 e. The van der Waals surface area contributed by atoms with Gasteiger partial charge in [-0.3, -0.25) is 0 Å². The van der Waals surface area contributed by atoms with Gasteiger partial charge in [-0.05, 0) is 31.2 Å². The molecule has 1 heterocycles. The van der Waals surface area contributed by atoms with Gasteiger partial charge >= 0.3 is 5.97 Å². The number of halogens is 1. The van der Waals surface area contributed by atoms with Crippen LogP contribution in [-0.2, 0) is 11.4 Å². The summed E-state index contributed by atoms with van der Waals surface area (Å²) in [5.41, 5.74) is 0.552. The summed E-state index contributed by atoms with van der Waals surface area (Å²) in [6, 6.07) is 4.90. The number of rotatable bonds is 5. The third kappa shape index (κ3) is 3.83. The van der Waals surface area contributed by atoms with E-state index in [-0.39, 0.29) is 6.61 Å². The second-order valence-electron chi connectivity index (χ2n) is 3.88. The first-order chi connectivity index (χ1) is 9.54. The SMILES string of the molecule is Cc1noc(COc2ccc(Cl)cc2/C=C/C(=O)O)n1. The molecule has 2 rings (SSSR count). The summed E-state index contributed by atoms with van der Waals surface area (Å²) in [5.74, 6) is 0.280. The van der Waals surface area contributed by atoms with Crippen LogP contribution in [0.2, 0.25) is 5.02 Å². The predicted octanol–water partition coefficient (Wildman–Crippen LogP) is 2.71. The molecule has 0 amide bonds. The fourth-order valence-corrected chi connectivity index (χ4v) is 1.66. The number of nitrogens with zero attached hydrogens (tertiary/aromatic N) is 2. The van der Waals surface area contributed by atoms with E-state index in [1.54, 1.807) is 25.1 Å². The molecule has 1 aromatic carbocycles. The first-order valence-electron chi connectivity index (χ1n) is 5.67. The first kappa shape index (κ1) is 14.1. The Morgan fingerprint density at radius 3 is 3.00 bits per heavy atom. The normalized spacial score (nSPS) is 10.9. The van der Waals surface area contributed by atoms with Crippen molar-refractivity contribution in [1.82, 2.24) is 10.1 Å². The van der Waals surface area contributed by atoms with Gasteiger partial charge < -0.3 is 14.4 Å². The van der Waals surface area contributed by atoms with Crippen LogP contribution in [0.5, 0.6) is 5.75 Å². The van der Waals surface area contributed by atoms with Crippen molar-refractivity contribution in [1.29, 1.82) is 0 Å². The number of hydrogen-bond donors (Lipinski definition) is 1. The van der Waals surface area contributed by atoms with Crippen molar-refractivity contribution >= 4 is 23.6 Å². The molecule has 0 bridgehead atoms. The zero-order chi connectivity index (χ0) is 14.5. The van der Waals surface area contributed by atoms with Crippen LogP contribution >= 0.6 is 11.6 Å². The number of carbonyl (C=O) groups is 1. The quantitative estimate of drug-likeness (QED) is 0.853. The highest BCUT2D eigenvalue weighted by Crippen LogP contribution is 2.25. The highest BCUT2D eigenvalue weighted by Gasteiger charge is 2.07. The monoisotopic (exact) mass is 294 g/mol. The van der Waals surface area contributed by atoms with Crippen LogP contribution in [0, 0.1) is 6.92 Å². The Morgan fingerprint density at radius 2 is 2.35 bits per heavy atom. The fraction of sp³-hybridized carbons (Fsp3) is 0.154. The summed E-state index contributed by atoms with van der Waals surface area (Å²) in [6.07, 6.45) is 2.41. The molecular weight excluding hydrogens is 284 g/mol. The molecule has 0 saturated heterocycles. The number of carboxylic acids is 1. The van der Waals surface area contributed by atoms with Crippen molar-refractivity contribution < 1.29 is 19.2 Å². The van der Waals surface area contributed by atoms with Crippen LogP contribution < -0.4 is 4.74 Å². The number of hydrogen-bond acceptors (Lipinski definition) is 5. The zero-order valence-electron chi connectivity index (χ0n) is 10.5. The molecule has 104 valence electrons. The van der Waals surface area contributed by atoms with Gasteiger partial charge in [0.1, 0.15) is 5.75 Å². The van der Waals surface area contributed by atoms with Gasteiger partial charge in [0.05, 0.1) is 0 Å². The Hall–Kier alpha value is -2.34. The van der Waals surface area contributed by atoms with Gasteiger partial charge in [0.25, 0.3) is 5.89 Å². The predicted molar refractivity (Wildman–Crippen MR) is 71.5 cm³/mol. The Morgan fingerprint density at radius 1 is 1.55 bits per heavy atom. The lowest BCUT2D eigenvalue weighted by atomic mass is 10.2. The second-order valence-corrected chi connectivity index (χ2v) is 4.31. The minimum absolute atomic E-state index is 0.0936. The molecule has 1 aromatic heterocycles. The lowest BCUT2D eigenvalue weighted by molar-refractivity contribution is -0.131. The van der Waals surface area contributed by atoms with E-state index in [0.717, 1.165) is 6.08 Å². The lowest BCUT2D eigenvalue weighted by Crippen LogP contribution is -1.97. The number of benzene rings is 1. The number of aliphatic carboxylic acids is 1. The molecule has 7 heteroatoms. The number of aryl methyl sites for hydroxylation is 1. The van der Waals surface area contributed by atoms with E-state index < -0.39 is 5.97 Å². The molecule has 0 aliphatic carbocycles. The molecule has 0 unspecified atom stereocenters. The summed E-state index contributed by atoms with van der Waals surface area (Å²) in [4.78, 5) is 14.6. The third-order valence-electron chi connectivity index (χ3n) is 2.30. The molecule has 2 aromatic rings. The fourth-order valence-electron chi connectivity index (χ4n) is 1.48. The van der Waals surface area contributed by atoms with E-state index >= 15 is 0 Å². The van der Waals surface area contributed by atoms with Crippen molar-refractivity contribution in [2.45, 2.75) is 13.5 Å². The number of ether oxygens (including phenoxy) is 1. The van der Waals surface area contributed by atoms with Gasteiger partial charge in [-0.1, -0.05) is 16.8 Å². The van der Waals surface area contributed by atoms with Crippen LogP contribution in [0.4, 0.5) is 0 Å². The maximum absolute atomic E-state index is 10.6. The summed E-state index contributed by atoms with van der Waals surface area (Å²) in [5, 5.41) is 12.8. The average Bonchev–Trinajstić information content (AvgIpc) is 2.81. The highest BCUT2D eigenvalue weighted by atomic mass is 35.5. The maximum atomic E-state index is 10.6. The van der Waals surface area contributed by atoms with Crippen molar-refractivity contribution in [3.8, 4) is 5.75 Å². The summed E-state index contributed by atoms with van der Waals surface area (Å²) in [7, 11) is 0. The largest absolute Gasteiger partial charge is 0.483 e. The van der Waals surface area contributed by atoms with Gasteiger partial charge in [-0.25, -0.2) is 4.79 Å². The molecule has 0 fully saturated rings. The minimum atomic E-state index is -1.05. The second kappa shape index (κ2) is 6.21. The number of carboxylic acid groups (broad SMARTS) is 1. The molecule has 0 aliphatic rings. The summed E-state index contributed by atoms with van der Waals surface area (Å²) >= 11 is 5.87. The van der Waals surface area contributed by atoms with Gasteiger partial charge in [-0.15, -0.1) is 0 Å². The van der Waals surface area contributed by atoms with Crippen molar-refractivity contribution in [3.05, 3.63) is 46.6 Å². The van der Waals surface area contributed by atoms with Crippen molar-refractivity contribution in [2.75, 3.05) is 0 Å². The Bertz CT molecular complexity index is 652. The Kier molecular flexibility index (Phi) is 4.37. The van der Waals surface area contributed by atoms with Crippen LogP contribution in [-0.4, -0.2) is 21.2 Å². The van der Waals surface area contributed by atoms with E-state index in [2.05, 4.69) is 10.1 Å². The molecule has 0 atom stereocenters. The Balaban J connectivity index is 2.15. The standard InChI is InChI=1S/C13H11ClN2O4/c1-8-15-12(20-16-8)7-19-11-4-3-10(14)6-9(11)2-5-13(17)18/h2-6H,7H2,1H3,(H,17,18)/b5-2+. The summed E-state index contributed by atoms with van der Waals surface area (Å²) in [6.45, 7) is 1.80. The molecule has 1 N–H and O–H groups in total. The van der Waals surface area contributed by atoms with E-state index in [0.29, 0.717) is 28.1 Å². The van der Waals surface area contributed by atoms with Gasteiger partial charge in [0, 0.05) is 16.7 Å². The summed E-state index contributed by atoms with van der Waals surface area (Å²) < 4.78 is 10.4. The number of aromatic nitrogens is 2. The molecule has 0 spiro atoms. The van der Waals surface area contributed by atoms with Crippen LogP contribution in [0.3, 0.4) is 0 Å². The maximum Gasteiger partial charge on any atom is 0.328 e. The van der Waals surface area contributed by atoms with Gasteiger partial charge in [0.2, 0.25) is 0 Å². The van der Waals surface area contributed by atoms with E-state index in [1.807, 2.05) is 0 Å². The topological polar surface area (TPSA) is 85.5 Å². The molecule has 0 aliphatic heterocycles. The van der Waals surface area contributed by atoms with Crippen LogP contribution in [0.1, 0.15) is 17.3 Å². The lowest BCUT2D eigenvalue weighted by Gasteiger charge is -2.07. The molecule has 20 heavy (non-hydrogen) atoms. The first-order valence-corrected chi connectivity index (χ1v) is 6.05. The average molecular weight is 295 g/mol. The highest BCUT2D eigenvalue weighted by molar-refractivity contribution is 6.30. The van der Waals surface area contributed by atoms with Gasteiger partial charge in [0.15, 0.2) is 12.4 Å². The van der Waals surface area contributed by atoms with E-state index in [1.165, 1.54) is 6.08 Å².